The molecule has 1 amide bonds. The van der Waals surface area contributed by atoms with Crippen LogP contribution in [0.15, 0.2) is 24.4 Å². The van der Waals surface area contributed by atoms with Crippen molar-refractivity contribution in [1.29, 1.82) is 0 Å². The van der Waals surface area contributed by atoms with Crippen LogP contribution in [-0.4, -0.2) is 34.1 Å². The molecular formula is C19H24N2O4S. The summed E-state index contributed by atoms with van der Waals surface area (Å²) in [7, 11) is 0. The van der Waals surface area contributed by atoms with Crippen LogP contribution in [0.25, 0.3) is 0 Å². The van der Waals surface area contributed by atoms with Crippen molar-refractivity contribution in [3.05, 3.63) is 30.1 Å². The molecule has 1 saturated heterocycles. The smallest absolute Gasteiger partial charge is 0.287 e. The molecule has 1 aromatic heterocycles. The maximum absolute atomic E-state index is 12.7. The Kier molecular flexibility index (Phi) is 7.38. The highest BCUT2D eigenvalue weighted by atomic mass is 32.1. The van der Waals surface area contributed by atoms with Gasteiger partial charge in [-0.15, -0.1) is 0 Å². The van der Waals surface area contributed by atoms with Gasteiger partial charge in [0.1, 0.15) is 12.4 Å². The standard InChI is InChI=1S/C19H24N2O4S/c1-12(2)15(10-17(26)25-11-14-5-3-4-7-20-14)16(22)9-13-6-8-21-19(24)18(13)23/h3-5,7,12-13,15H,6,8-11H2,1-2H3,(H,21,24). The Morgan fingerprint density at radius 2 is 2.15 bits per heavy atom. The molecule has 6 nitrogen and oxygen atoms in total. The van der Waals surface area contributed by atoms with Gasteiger partial charge in [-0.3, -0.25) is 19.4 Å². The van der Waals surface area contributed by atoms with Gasteiger partial charge in [-0.25, -0.2) is 0 Å². The van der Waals surface area contributed by atoms with Crippen LogP contribution in [0.5, 0.6) is 0 Å². The zero-order valence-electron chi connectivity index (χ0n) is 15.1. The molecule has 0 bridgehead atoms. The van der Waals surface area contributed by atoms with Crippen molar-refractivity contribution in [2.75, 3.05) is 6.54 Å². The van der Waals surface area contributed by atoms with Crippen LogP contribution >= 0.6 is 12.2 Å². The number of amides is 1. The Morgan fingerprint density at radius 1 is 1.38 bits per heavy atom. The van der Waals surface area contributed by atoms with Crippen LogP contribution in [0.3, 0.4) is 0 Å². The number of carbonyl (C=O) groups is 3. The van der Waals surface area contributed by atoms with E-state index in [1.165, 1.54) is 0 Å². The highest BCUT2D eigenvalue weighted by molar-refractivity contribution is 7.80. The van der Waals surface area contributed by atoms with Gasteiger partial charge in [0.25, 0.3) is 5.91 Å². The third-order valence-electron chi connectivity index (χ3n) is 4.53. The fourth-order valence-corrected chi connectivity index (χ4v) is 3.19. The van der Waals surface area contributed by atoms with Gasteiger partial charge in [0.15, 0.2) is 5.05 Å². The third kappa shape index (κ3) is 5.69. The van der Waals surface area contributed by atoms with Crippen LogP contribution < -0.4 is 5.32 Å². The van der Waals surface area contributed by atoms with Crippen LogP contribution in [0.4, 0.5) is 0 Å². The lowest BCUT2D eigenvalue weighted by atomic mass is 9.82. The maximum atomic E-state index is 12.7. The SMILES string of the molecule is CC(C)C(CC(=S)OCc1ccccn1)C(=O)CC1CCNC(=O)C1=O. The maximum Gasteiger partial charge on any atom is 0.287 e. The van der Waals surface area contributed by atoms with Gasteiger partial charge in [0, 0.05) is 37.4 Å². The molecule has 2 rings (SSSR count). The largest absolute Gasteiger partial charge is 0.481 e. The number of ether oxygens (including phenoxy) is 1. The summed E-state index contributed by atoms with van der Waals surface area (Å²) in [5.41, 5.74) is 0.765. The first-order valence-electron chi connectivity index (χ1n) is 8.78. The summed E-state index contributed by atoms with van der Waals surface area (Å²) in [6.07, 6.45) is 2.59. The minimum absolute atomic E-state index is 0.0446. The number of thiocarbonyl (C=S) groups is 1. The molecule has 140 valence electrons. The number of hydrogen-bond acceptors (Lipinski definition) is 6. The highest BCUT2D eigenvalue weighted by Gasteiger charge is 2.34. The molecule has 26 heavy (non-hydrogen) atoms. The summed E-state index contributed by atoms with van der Waals surface area (Å²) in [6.45, 7) is 4.58. The van der Waals surface area contributed by atoms with Crippen molar-refractivity contribution in [2.45, 2.75) is 39.7 Å². The topological polar surface area (TPSA) is 85.4 Å². The van der Waals surface area contributed by atoms with Crippen molar-refractivity contribution in [1.82, 2.24) is 10.3 Å². The number of pyridine rings is 1. The second kappa shape index (κ2) is 9.52. The van der Waals surface area contributed by atoms with Crippen molar-refractivity contribution < 1.29 is 19.1 Å². The van der Waals surface area contributed by atoms with Crippen LogP contribution in [0.1, 0.15) is 38.8 Å². The van der Waals surface area contributed by atoms with Crippen LogP contribution in [-0.2, 0) is 25.7 Å². The highest BCUT2D eigenvalue weighted by Crippen LogP contribution is 2.24. The van der Waals surface area contributed by atoms with E-state index in [1.807, 2.05) is 32.0 Å². The zero-order valence-corrected chi connectivity index (χ0v) is 15.9. The summed E-state index contributed by atoms with van der Waals surface area (Å²) in [4.78, 5) is 40.3. The first-order chi connectivity index (χ1) is 12.4. The Hall–Kier alpha value is -2.15. The normalized spacial score (nSPS) is 18.3. The van der Waals surface area contributed by atoms with Gasteiger partial charge in [0.05, 0.1) is 5.69 Å². The molecule has 2 atom stereocenters. The molecule has 7 heteroatoms. The fraction of sp³-hybridized carbons (Fsp3) is 0.526. The molecule has 0 spiro atoms. The number of Topliss-reactive ketones (excluding diaryl/α,β-unsaturated/α-hetero) is 2. The molecule has 0 aromatic carbocycles. The number of hydrogen-bond donors (Lipinski definition) is 1. The number of rotatable bonds is 8. The zero-order chi connectivity index (χ0) is 19.1. The van der Waals surface area contributed by atoms with Crippen molar-refractivity contribution in [2.24, 2.45) is 17.8 Å². The molecular weight excluding hydrogens is 352 g/mol. The molecule has 2 unspecified atom stereocenters. The summed E-state index contributed by atoms with van der Waals surface area (Å²) in [5, 5.41) is 2.86. The lowest BCUT2D eigenvalue weighted by Gasteiger charge is -2.24. The first-order valence-corrected chi connectivity index (χ1v) is 9.19. The minimum Gasteiger partial charge on any atom is -0.481 e. The van der Waals surface area contributed by atoms with Crippen LogP contribution in [0, 0.1) is 17.8 Å². The van der Waals surface area contributed by atoms with Gasteiger partial charge in [-0.1, -0.05) is 19.9 Å². The number of piperidine rings is 1. The predicted octanol–water partition coefficient (Wildman–Crippen LogP) is 2.25. The Morgan fingerprint density at radius 3 is 2.81 bits per heavy atom. The molecule has 1 aliphatic heterocycles. The molecule has 1 N–H and O–H groups in total. The van der Waals surface area contributed by atoms with Crippen LogP contribution in [0.2, 0.25) is 0 Å². The summed E-state index contributed by atoms with van der Waals surface area (Å²) >= 11 is 5.28. The van der Waals surface area contributed by atoms with E-state index in [2.05, 4.69) is 10.3 Å². The quantitative estimate of drug-likeness (QED) is 0.553. The molecule has 0 radical (unpaired) electrons. The van der Waals surface area contributed by atoms with E-state index in [1.54, 1.807) is 6.20 Å². The molecule has 0 saturated carbocycles. The number of carbonyl (C=O) groups excluding carboxylic acids is 3. The number of aromatic nitrogens is 1. The average Bonchev–Trinajstić information content (AvgIpc) is 2.62. The lowest BCUT2D eigenvalue weighted by molar-refractivity contribution is -0.143. The van der Waals surface area contributed by atoms with Gasteiger partial charge < -0.3 is 10.1 Å². The monoisotopic (exact) mass is 376 g/mol. The predicted molar refractivity (Wildman–Crippen MR) is 100 cm³/mol. The van der Waals surface area contributed by atoms with Gasteiger partial charge in [-0.2, -0.15) is 0 Å². The average molecular weight is 376 g/mol. The second-order valence-corrected chi connectivity index (χ2v) is 7.27. The Bertz CT molecular complexity index is 675. The second-order valence-electron chi connectivity index (χ2n) is 6.81. The molecule has 1 fully saturated rings. The molecule has 1 aromatic rings. The third-order valence-corrected chi connectivity index (χ3v) is 4.82. The van der Waals surface area contributed by atoms with Gasteiger partial charge >= 0.3 is 0 Å². The summed E-state index contributed by atoms with van der Waals surface area (Å²) in [6, 6.07) is 5.53. The summed E-state index contributed by atoms with van der Waals surface area (Å²) in [5.74, 6) is -1.93. The van der Waals surface area contributed by atoms with Gasteiger partial charge in [-0.05, 0) is 36.7 Å². The Balaban J connectivity index is 1.90. The first kappa shape index (κ1) is 20.2. The molecule has 2 heterocycles. The Labute approximate surface area is 158 Å². The van der Waals surface area contributed by atoms with Crippen molar-refractivity contribution in [3.8, 4) is 0 Å². The lowest BCUT2D eigenvalue weighted by Crippen LogP contribution is -2.43. The van der Waals surface area contributed by atoms with E-state index < -0.39 is 17.6 Å². The number of ketones is 2. The summed E-state index contributed by atoms with van der Waals surface area (Å²) < 4.78 is 5.57. The van der Waals surface area contributed by atoms with E-state index in [4.69, 9.17) is 17.0 Å². The minimum atomic E-state index is -0.593. The van der Waals surface area contributed by atoms with E-state index in [0.717, 1.165) is 5.69 Å². The van der Waals surface area contributed by atoms with Crippen molar-refractivity contribution in [3.63, 3.8) is 0 Å². The number of nitrogens with one attached hydrogen (secondary N) is 1. The number of nitrogens with zero attached hydrogens (tertiary/aromatic N) is 1. The van der Waals surface area contributed by atoms with E-state index >= 15 is 0 Å². The molecule has 1 aliphatic rings. The van der Waals surface area contributed by atoms with E-state index in [9.17, 15) is 14.4 Å². The van der Waals surface area contributed by atoms with Crippen molar-refractivity contribution >= 4 is 34.7 Å². The van der Waals surface area contributed by atoms with E-state index in [-0.39, 0.29) is 30.6 Å². The molecule has 0 aliphatic carbocycles. The van der Waals surface area contributed by atoms with Gasteiger partial charge in [0.2, 0.25) is 5.78 Å². The van der Waals surface area contributed by atoms with E-state index in [0.29, 0.717) is 24.4 Å². The fourth-order valence-electron chi connectivity index (χ4n) is 2.95.